The van der Waals surface area contributed by atoms with Gasteiger partial charge < -0.3 is 4.74 Å². The molecule has 0 unspecified atom stereocenters. The normalized spacial score (nSPS) is 11.2. The van der Waals surface area contributed by atoms with E-state index in [2.05, 4.69) is 24.0 Å². The van der Waals surface area contributed by atoms with Gasteiger partial charge in [-0.1, -0.05) is 12.1 Å². The van der Waals surface area contributed by atoms with Gasteiger partial charge >= 0.3 is 5.97 Å². The van der Waals surface area contributed by atoms with Gasteiger partial charge in [-0.05, 0) is 56.5 Å². The van der Waals surface area contributed by atoms with Crippen molar-refractivity contribution in [3.8, 4) is 0 Å². The van der Waals surface area contributed by atoms with Crippen molar-refractivity contribution in [2.45, 2.75) is 27.7 Å². The number of aromatic nitrogens is 1. The number of pyridine rings is 1. The van der Waals surface area contributed by atoms with E-state index in [1.807, 2.05) is 19.9 Å². The molecule has 104 valence electrons. The second-order valence-corrected chi connectivity index (χ2v) is 4.86. The standard InChI is InChI=1S/C17H19NO2/c1-5-20-15(19)9-8-14-10-13(4)18-17-12(3)7-6-11(2)16(14)17/h6-10H,5H2,1-4H3/b9-8+. The van der Waals surface area contributed by atoms with Crippen LogP contribution in [-0.2, 0) is 9.53 Å². The molecule has 0 aliphatic carbocycles. The molecule has 0 aliphatic heterocycles. The molecule has 1 heterocycles. The van der Waals surface area contributed by atoms with Gasteiger partial charge in [-0.25, -0.2) is 4.79 Å². The van der Waals surface area contributed by atoms with Crippen molar-refractivity contribution in [1.82, 2.24) is 4.98 Å². The second kappa shape index (κ2) is 5.87. The molecule has 20 heavy (non-hydrogen) atoms. The van der Waals surface area contributed by atoms with Crippen molar-refractivity contribution >= 4 is 22.9 Å². The largest absolute Gasteiger partial charge is 0.463 e. The molecule has 0 atom stereocenters. The predicted octanol–water partition coefficient (Wildman–Crippen LogP) is 3.74. The van der Waals surface area contributed by atoms with Crippen LogP contribution >= 0.6 is 0 Å². The van der Waals surface area contributed by atoms with Crippen LogP contribution in [0.2, 0.25) is 0 Å². The van der Waals surface area contributed by atoms with E-state index in [-0.39, 0.29) is 5.97 Å². The summed E-state index contributed by atoms with van der Waals surface area (Å²) in [6, 6.07) is 6.14. The zero-order valence-corrected chi connectivity index (χ0v) is 12.4. The number of carbonyl (C=O) groups excluding carboxylic acids is 1. The third-order valence-corrected chi connectivity index (χ3v) is 3.21. The number of carbonyl (C=O) groups is 1. The lowest BCUT2D eigenvalue weighted by atomic mass is 9.99. The molecular weight excluding hydrogens is 250 g/mol. The predicted molar refractivity (Wildman–Crippen MR) is 81.6 cm³/mol. The van der Waals surface area contributed by atoms with Crippen LogP contribution in [0.4, 0.5) is 0 Å². The summed E-state index contributed by atoms with van der Waals surface area (Å²) in [5.41, 5.74) is 5.23. The van der Waals surface area contributed by atoms with Crippen molar-refractivity contribution in [3.63, 3.8) is 0 Å². The lowest BCUT2D eigenvalue weighted by Gasteiger charge is -2.09. The number of fused-ring (bicyclic) bond motifs is 1. The van der Waals surface area contributed by atoms with Gasteiger partial charge in [0.2, 0.25) is 0 Å². The Morgan fingerprint density at radius 2 is 1.95 bits per heavy atom. The highest BCUT2D eigenvalue weighted by molar-refractivity contribution is 5.96. The van der Waals surface area contributed by atoms with Crippen molar-refractivity contribution in [2.75, 3.05) is 6.61 Å². The smallest absolute Gasteiger partial charge is 0.330 e. The summed E-state index contributed by atoms with van der Waals surface area (Å²) in [6.07, 6.45) is 3.28. The molecule has 3 heteroatoms. The molecule has 0 bridgehead atoms. The highest BCUT2D eigenvalue weighted by Crippen LogP contribution is 2.26. The van der Waals surface area contributed by atoms with E-state index in [0.29, 0.717) is 6.61 Å². The quantitative estimate of drug-likeness (QED) is 0.629. The summed E-state index contributed by atoms with van der Waals surface area (Å²) in [7, 11) is 0. The third-order valence-electron chi connectivity index (χ3n) is 3.21. The molecule has 0 aliphatic rings. The number of benzene rings is 1. The topological polar surface area (TPSA) is 39.2 Å². The summed E-state index contributed by atoms with van der Waals surface area (Å²) in [6.45, 7) is 8.25. The summed E-state index contributed by atoms with van der Waals surface area (Å²) in [5.74, 6) is -0.319. The summed E-state index contributed by atoms with van der Waals surface area (Å²) in [4.78, 5) is 16.1. The molecule has 0 spiro atoms. The van der Waals surface area contributed by atoms with Gasteiger partial charge in [0.05, 0.1) is 12.1 Å². The highest BCUT2D eigenvalue weighted by atomic mass is 16.5. The second-order valence-electron chi connectivity index (χ2n) is 4.86. The first kappa shape index (κ1) is 14.3. The van der Waals surface area contributed by atoms with Crippen LogP contribution in [0.5, 0.6) is 0 Å². The molecule has 0 N–H and O–H groups in total. The van der Waals surface area contributed by atoms with E-state index in [1.165, 1.54) is 6.08 Å². The van der Waals surface area contributed by atoms with E-state index in [0.717, 1.165) is 33.3 Å². The lowest BCUT2D eigenvalue weighted by molar-refractivity contribution is -0.137. The number of aryl methyl sites for hydroxylation is 3. The molecule has 1 aromatic carbocycles. The Hall–Kier alpha value is -2.16. The van der Waals surface area contributed by atoms with Crippen molar-refractivity contribution < 1.29 is 9.53 Å². The first-order chi connectivity index (χ1) is 9.52. The van der Waals surface area contributed by atoms with Gasteiger partial charge in [-0.3, -0.25) is 4.98 Å². The average Bonchev–Trinajstić information content (AvgIpc) is 2.40. The fourth-order valence-electron chi connectivity index (χ4n) is 2.29. The molecular formula is C17H19NO2. The maximum Gasteiger partial charge on any atom is 0.330 e. The number of esters is 1. The van der Waals surface area contributed by atoms with Crippen LogP contribution in [0, 0.1) is 20.8 Å². The van der Waals surface area contributed by atoms with Gasteiger partial charge in [0.25, 0.3) is 0 Å². The Balaban J connectivity index is 2.58. The fraction of sp³-hybridized carbons (Fsp3) is 0.294. The number of nitrogens with zero attached hydrogens (tertiary/aromatic N) is 1. The maximum absolute atomic E-state index is 11.5. The van der Waals surface area contributed by atoms with E-state index in [9.17, 15) is 4.79 Å². The Kier molecular flexibility index (Phi) is 4.18. The molecule has 2 rings (SSSR count). The van der Waals surface area contributed by atoms with Crippen LogP contribution in [0.15, 0.2) is 24.3 Å². The van der Waals surface area contributed by atoms with Crippen LogP contribution in [0.3, 0.4) is 0 Å². The van der Waals surface area contributed by atoms with Crippen molar-refractivity contribution in [3.05, 3.63) is 46.7 Å². The van der Waals surface area contributed by atoms with Crippen LogP contribution in [0.1, 0.15) is 29.3 Å². The van der Waals surface area contributed by atoms with Gasteiger partial charge in [0, 0.05) is 17.2 Å². The molecule has 0 fully saturated rings. The zero-order chi connectivity index (χ0) is 14.7. The van der Waals surface area contributed by atoms with Crippen molar-refractivity contribution in [2.24, 2.45) is 0 Å². The van der Waals surface area contributed by atoms with E-state index >= 15 is 0 Å². The highest BCUT2D eigenvalue weighted by Gasteiger charge is 2.07. The molecule has 2 aromatic rings. The number of hydrogen-bond donors (Lipinski definition) is 0. The SMILES string of the molecule is CCOC(=O)/C=C/c1cc(C)nc2c(C)ccc(C)c12. The van der Waals surface area contributed by atoms with Crippen LogP contribution in [0.25, 0.3) is 17.0 Å². The molecule has 3 nitrogen and oxygen atoms in total. The van der Waals surface area contributed by atoms with Gasteiger partial charge in [0.1, 0.15) is 0 Å². The fourth-order valence-corrected chi connectivity index (χ4v) is 2.29. The van der Waals surface area contributed by atoms with Crippen molar-refractivity contribution in [1.29, 1.82) is 0 Å². The number of hydrogen-bond acceptors (Lipinski definition) is 3. The number of rotatable bonds is 3. The molecule has 1 aromatic heterocycles. The summed E-state index contributed by atoms with van der Waals surface area (Å²) in [5, 5.41) is 1.09. The maximum atomic E-state index is 11.5. The first-order valence-corrected chi connectivity index (χ1v) is 6.75. The molecule has 0 amide bonds. The van der Waals surface area contributed by atoms with Crippen LogP contribution in [-0.4, -0.2) is 17.6 Å². The van der Waals surface area contributed by atoms with Gasteiger partial charge in [0.15, 0.2) is 0 Å². The van der Waals surface area contributed by atoms with E-state index in [1.54, 1.807) is 13.0 Å². The van der Waals surface area contributed by atoms with Gasteiger partial charge in [-0.2, -0.15) is 0 Å². The minimum atomic E-state index is -0.319. The number of ether oxygens (including phenoxy) is 1. The Bertz CT molecular complexity index is 687. The molecule has 0 radical (unpaired) electrons. The molecule has 0 saturated heterocycles. The minimum absolute atomic E-state index is 0.319. The third kappa shape index (κ3) is 2.87. The lowest BCUT2D eigenvalue weighted by Crippen LogP contribution is -1.99. The summed E-state index contributed by atoms with van der Waals surface area (Å²) < 4.78 is 4.92. The summed E-state index contributed by atoms with van der Waals surface area (Å²) >= 11 is 0. The Morgan fingerprint density at radius 1 is 1.25 bits per heavy atom. The molecule has 0 saturated carbocycles. The Morgan fingerprint density at radius 3 is 2.65 bits per heavy atom. The van der Waals surface area contributed by atoms with Gasteiger partial charge in [-0.15, -0.1) is 0 Å². The van der Waals surface area contributed by atoms with E-state index in [4.69, 9.17) is 4.74 Å². The Labute approximate surface area is 119 Å². The monoisotopic (exact) mass is 269 g/mol. The average molecular weight is 269 g/mol. The first-order valence-electron chi connectivity index (χ1n) is 6.75. The van der Waals surface area contributed by atoms with Crippen LogP contribution < -0.4 is 0 Å². The van der Waals surface area contributed by atoms with E-state index < -0.39 is 0 Å². The minimum Gasteiger partial charge on any atom is -0.463 e. The zero-order valence-electron chi connectivity index (χ0n) is 12.4.